The highest BCUT2D eigenvalue weighted by Gasteiger charge is 2.18. The number of carbonyl (C=O) groups is 2. The standard InChI is InChI=1S/C17H20N4O3S/c18-9-15-20-14(11-25-15)17(23)19-12-4-3-5-13(8-12)24-10-16(22)21-6-1-2-7-21/h3-5,8,11H,1-2,6-7,9-10,18H2,(H,19,23). The Morgan fingerprint density at radius 1 is 1.32 bits per heavy atom. The van der Waals surface area contributed by atoms with E-state index in [2.05, 4.69) is 10.3 Å². The van der Waals surface area contributed by atoms with Gasteiger partial charge in [0, 0.05) is 36.8 Å². The van der Waals surface area contributed by atoms with Crippen molar-refractivity contribution in [2.45, 2.75) is 19.4 Å². The number of nitrogens with one attached hydrogen (secondary N) is 1. The molecular weight excluding hydrogens is 340 g/mol. The molecule has 0 radical (unpaired) electrons. The van der Waals surface area contributed by atoms with Gasteiger partial charge >= 0.3 is 0 Å². The van der Waals surface area contributed by atoms with E-state index in [9.17, 15) is 9.59 Å². The lowest BCUT2D eigenvalue weighted by atomic mass is 10.3. The van der Waals surface area contributed by atoms with E-state index in [0.29, 0.717) is 28.7 Å². The molecule has 2 aromatic rings. The van der Waals surface area contributed by atoms with Gasteiger partial charge in [0.05, 0.1) is 0 Å². The minimum atomic E-state index is -0.304. The first kappa shape index (κ1) is 17.4. The Morgan fingerprint density at radius 3 is 2.84 bits per heavy atom. The van der Waals surface area contributed by atoms with Crippen molar-refractivity contribution in [1.82, 2.24) is 9.88 Å². The molecule has 0 atom stereocenters. The number of anilines is 1. The molecule has 1 fully saturated rings. The Balaban J connectivity index is 1.57. The quantitative estimate of drug-likeness (QED) is 0.819. The number of carbonyl (C=O) groups excluding carboxylic acids is 2. The van der Waals surface area contributed by atoms with Crippen molar-refractivity contribution in [3.05, 3.63) is 40.3 Å². The molecule has 3 N–H and O–H groups in total. The number of nitrogens with two attached hydrogens (primary N) is 1. The van der Waals surface area contributed by atoms with E-state index in [-0.39, 0.29) is 18.4 Å². The number of aromatic nitrogens is 1. The summed E-state index contributed by atoms with van der Waals surface area (Å²) in [7, 11) is 0. The van der Waals surface area contributed by atoms with Crippen LogP contribution in [-0.4, -0.2) is 41.4 Å². The maximum absolute atomic E-state index is 12.2. The normalized spacial score (nSPS) is 13.7. The second-order valence-corrected chi connectivity index (χ2v) is 6.63. The van der Waals surface area contributed by atoms with Crippen LogP contribution in [0.1, 0.15) is 28.3 Å². The molecule has 1 aliphatic rings. The van der Waals surface area contributed by atoms with Gasteiger partial charge in [-0.25, -0.2) is 4.98 Å². The third-order valence-electron chi connectivity index (χ3n) is 3.87. The number of nitrogens with zero attached hydrogens (tertiary/aromatic N) is 2. The summed E-state index contributed by atoms with van der Waals surface area (Å²) in [5, 5.41) is 5.15. The first-order valence-corrected chi connectivity index (χ1v) is 9.00. The molecule has 1 saturated heterocycles. The summed E-state index contributed by atoms with van der Waals surface area (Å²) in [6.07, 6.45) is 2.10. The summed E-state index contributed by atoms with van der Waals surface area (Å²) < 4.78 is 5.56. The van der Waals surface area contributed by atoms with Crippen LogP contribution in [0.4, 0.5) is 5.69 Å². The van der Waals surface area contributed by atoms with Crippen LogP contribution >= 0.6 is 11.3 Å². The Morgan fingerprint density at radius 2 is 2.12 bits per heavy atom. The maximum atomic E-state index is 12.2. The van der Waals surface area contributed by atoms with Gasteiger partial charge in [-0.15, -0.1) is 11.3 Å². The van der Waals surface area contributed by atoms with Crippen molar-refractivity contribution < 1.29 is 14.3 Å². The number of benzene rings is 1. The molecule has 0 saturated carbocycles. The van der Waals surface area contributed by atoms with Crippen molar-refractivity contribution in [2.75, 3.05) is 25.0 Å². The smallest absolute Gasteiger partial charge is 0.275 e. The summed E-state index contributed by atoms with van der Waals surface area (Å²) >= 11 is 1.35. The van der Waals surface area contributed by atoms with E-state index in [0.717, 1.165) is 25.9 Å². The molecule has 2 amide bonds. The predicted molar refractivity (Wildman–Crippen MR) is 95.7 cm³/mol. The third-order valence-corrected chi connectivity index (χ3v) is 4.74. The van der Waals surface area contributed by atoms with Gasteiger partial charge in [-0.2, -0.15) is 0 Å². The average Bonchev–Trinajstić information content (AvgIpc) is 3.31. The fourth-order valence-corrected chi connectivity index (χ4v) is 3.23. The molecule has 0 unspecified atom stereocenters. The topological polar surface area (TPSA) is 97.5 Å². The minimum Gasteiger partial charge on any atom is -0.484 e. The molecule has 3 rings (SSSR count). The summed E-state index contributed by atoms with van der Waals surface area (Å²) in [5.74, 6) is 0.219. The number of rotatable bonds is 6. The largest absolute Gasteiger partial charge is 0.484 e. The maximum Gasteiger partial charge on any atom is 0.275 e. The highest BCUT2D eigenvalue weighted by Crippen LogP contribution is 2.19. The summed E-state index contributed by atoms with van der Waals surface area (Å²) in [4.78, 5) is 30.2. The van der Waals surface area contributed by atoms with Crippen molar-refractivity contribution in [1.29, 1.82) is 0 Å². The third kappa shape index (κ3) is 4.55. The zero-order valence-corrected chi connectivity index (χ0v) is 14.6. The van der Waals surface area contributed by atoms with Gasteiger partial charge in [-0.3, -0.25) is 9.59 Å². The fourth-order valence-electron chi connectivity index (χ4n) is 2.57. The predicted octanol–water partition coefficient (Wildman–Crippen LogP) is 1.86. The summed E-state index contributed by atoms with van der Waals surface area (Å²) in [6, 6.07) is 6.95. The van der Waals surface area contributed by atoms with Gasteiger partial charge in [0.1, 0.15) is 16.5 Å². The number of hydrogen-bond acceptors (Lipinski definition) is 6. The van der Waals surface area contributed by atoms with Crippen LogP contribution < -0.4 is 15.8 Å². The lowest BCUT2D eigenvalue weighted by molar-refractivity contribution is -0.132. The number of amides is 2. The molecule has 1 aromatic carbocycles. The van der Waals surface area contributed by atoms with Crippen LogP contribution in [0.5, 0.6) is 5.75 Å². The molecule has 7 nitrogen and oxygen atoms in total. The van der Waals surface area contributed by atoms with Gasteiger partial charge in [-0.1, -0.05) is 6.07 Å². The van der Waals surface area contributed by atoms with Crippen LogP contribution in [0, 0.1) is 0 Å². The number of ether oxygens (including phenoxy) is 1. The molecule has 1 aromatic heterocycles. The van der Waals surface area contributed by atoms with Crippen LogP contribution in [0.25, 0.3) is 0 Å². The SMILES string of the molecule is NCc1nc(C(=O)Nc2cccc(OCC(=O)N3CCCC3)c2)cs1. The van der Waals surface area contributed by atoms with Crippen LogP contribution in [0.3, 0.4) is 0 Å². The molecule has 1 aliphatic heterocycles. The molecule has 0 aliphatic carbocycles. The van der Waals surface area contributed by atoms with Crippen molar-refractivity contribution in [3.63, 3.8) is 0 Å². The minimum absolute atomic E-state index is 0.00332. The van der Waals surface area contributed by atoms with Gasteiger partial charge < -0.3 is 20.7 Å². The highest BCUT2D eigenvalue weighted by atomic mass is 32.1. The molecule has 2 heterocycles. The highest BCUT2D eigenvalue weighted by molar-refractivity contribution is 7.09. The van der Waals surface area contributed by atoms with Gasteiger partial charge in [0.25, 0.3) is 11.8 Å². The molecule has 132 valence electrons. The molecule has 0 bridgehead atoms. The van der Waals surface area contributed by atoms with Gasteiger partial charge in [-0.05, 0) is 25.0 Å². The lowest BCUT2D eigenvalue weighted by Gasteiger charge is -2.15. The fraction of sp³-hybridized carbons (Fsp3) is 0.353. The van der Waals surface area contributed by atoms with E-state index in [1.54, 1.807) is 29.6 Å². The van der Waals surface area contributed by atoms with Gasteiger partial charge in [0.2, 0.25) is 0 Å². The lowest BCUT2D eigenvalue weighted by Crippen LogP contribution is -2.32. The Kier molecular flexibility index (Phi) is 5.62. The average molecular weight is 360 g/mol. The van der Waals surface area contributed by atoms with E-state index >= 15 is 0 Å². The molecular formula is C17H20N4O3S. The van der Waals surface area contributed by atoms with E-state index < -0.39 is 0 Å². The number of hydrogen-bond donors (Lipinski definition) is 2. The number of thiazole rings is 1. The second-order valence-electron chi connectivity index (χ2n) is 5.69. The molecule has 25 heavy (non-hydrogen) atoms. The first-order valence-electron chi connectivity index (χ1n) is 8.12. The van der Waals surface area contributed by atoms with E-state index in [4.69, 9.17) is 10.5 Å². The Bertz CT molecular complexity index is 756. The summed E-state index contributed by atoms with van der Waals surface area (Å²) in [5.41, 5.74) is 6.42. The van der Waals surface area contributed by atoms with Crippen molar-refractivity contribution >= 4 is 28.8 Å². The molecule has 0 spiro atoms. The van der Waals surface area contributed by atoms with E-state index in [1.165, 1.54) is 11.3 Å². The monoisotopic (exact) mass is 360 g/mol. The molecule has 8 heteroatoms. The van der Waals surface area contributed by atoms with Crippen molar-refractivity contribution in [3.8, 4) is 5.75 Å². The van der Waals surface area contributed by atoms with Gasteiger partial charge in [0.15, 0.2) is 6.61 Å². The van der Waals surface area contributed by atoms with Crippen LogP contribution in [0.2, 0.25) is 0 Å². The van der Waals surface area contributed by atoms with Crippen LogP contribution in [-0.2, 0) is 11.3 Å². The van der Waals surface area contributed by atoms with Crippen molar-refractivity contribution in [2.24, 2.45) is 5.73 Å². The Hall–Kier alpha value is -2.45. The van der Waals surface area contributed by atoms with Crippen LogP contribution in [0.15, 0.2) is 29.6 Å². The number of likely N-dealkylation sites (tertiary alicyclic amines) is 1. The zero-order valence-electron chi connectivity index (χ0n) is 13.7. The van der Waals surface area contributed by atoms with E-state index in [1.807, 2.05) is 4.90 Å². The summed E-state index contributed by atoms with van der Waals surface area (Å²) in [6.45, 7) is 1.92. The Labute approximate surface area is 149 Å². The first-order chi connectivity index (χ1) is 12.2. The second kappa shape index (κ2) is 8.09. The zero-order chi connectivity index (χ0) is 17.6.